The fraction of sp³-hybridized carbons (Fsp3) is 0.0571. The minimum absolute atomic E-state index is 0.540. The van der Waals surface area contributed by atoms with Crippen molar-refractivity contribution < 1.29 is 0 Å². The topological polar surface area (TPSA) is 95.2 Å². The molecular formula is C70H40N4. The van der Waals surface area contributed by atoms with Crippen LogP contribution >= 0.6 is 0 Å². The Morgan fingerprint density at radius 3 is 1.27 bits per heavy atom. The maximum Gasteiger partial charge on any atom is 0.0998 e. The summed E-state index contributed by atoms with van der Waals surface area (Å²) >= 11 is 0. The lowest BCUT2D eigenvalue weighted by molar-refractivity contribution is 1.35. The Hall–Kier alpha value is -10.1. The molecule has 0 heterocycles. The first-order valence-electron chi connectivity index (χ1n) is 24.9. The fourth-order valence-corrected chi connectivity index (χ4v) is 13.1. The molecule has 340 valence electrons. The smallest absolute Gasteiger partial charge is 0.0998 e. The predicted octanol–water partition coefficient (Wildman–Crippen LogP) is 18.1. The zero-order valence-electron chi connectivity index (χ0n) is 41.0. The molecule has 0 aromatic heterocycles. The number of nitrogens with zero attached hydrogens (tertiary/aromatic N) is 4. The number of hydrogen-bond acceptors (Lipinski definition) is 4. The molecule has 0 amide bonds. The van der Waals surface area contributed by atoms with Gasteiger partial charge in [0.05, 0.1) is 46.5 Å². The molecule has 2 aliphatic carbocycles. The first-order valence-corrected chi connectivity index (χ1v) is 24.9. The summed E-state index contributed by atoms with van der Waals surface area (Å²) in [5.41, 5.74) is 24.4. The van der Waals surface area contributed by atoms with E-state index in [4.69, 9.17) is 0 Å². The van der Waals surface area contributed by atoms with E-state index in [0.29, 0.717) is 22.3 Å². The maximum atomic E-state index is 10.5. The van der Waals surface area contributed by atoms with E-state index in [9.17, 15) is 21.0 Å². The third kappa shape index (κ3) is 5.92. The van der Waals surface area contributed by atoms with Gasteiger partial charge in [0.25, 0.3) is 0 Å². The molecule has 0 saturated heterocycles. The summed E-state index contributed by atoms with van der Waals surface area (Å²) < 4.78 is 0. The van der Waals surface area contributed by atoms with Crippen LogP contribution in [0.25, 0.3) is 143 Å². The van der Waals surface area contributed by atoms with Gasteiger partial charge in [0.2, 0.25) is 0 Å². The highest BCUT2D eigenvalue weighted by Gasteiger charge is 2.29. The molecule has 0 bridgehead atoms. The second-order valence-corrected chi connectivity index (χ2v) is 20.1. The van der Waals surface area contributed by atoms with E-state index in [0.717, 1.165) is 93.5 Å². The second kappa shape index (κ2) is 15.7. The lowest BCUT2D eigenvalue weighted by atomic mass is 9.84. The standard InChI is InChI=1S/C70H40N4/c1-37-23-42(34-72)24-38(2)67(37)53-19-21-55-59-28-44-16-18-48-60(57(44)29-62(59)51-13-7-11-49(53)69(51)55)30-65(58-27-41(33-71)15-17-47(58)46-10-6-5-9-45(46)36-74)66-32-64-56-22-20-54(68-39(3)25-43(35-73)26-40(68)4)50-12-8-14-52(70(50)56)63(64)31-61(48)66/h5-32H,1-4H3. The zero-order chi connectivity index (χ0) is 50.3. The van der Waals surface area contributed by atoms with Crippen molar-refractivity contribution in [3.8, 4) is 113 Å². The van der Waals surface area contributed by atoms with Crippen LogP contribution in [0.1, 0.15) is 44.5 Å². The molecule has 0 fully saturated rings. The van der Waals surface area contributed by atoms with E-state index in [1.54, 1.807) is 0 Å². The van der Waals surface area contributed by atoms with Gasteiger partial charge in [-0.2, -0.15) is 21.0 Å². The summed E-state index contributed by atoms with van der Waals surface area (Å²) in [5, 5.41) is 52.0. The first-order chi connectivity index (χ1) is 36.2. The molecule has 14 rings (SSSR count). The van der Waals surface area contributed by atoms with E-state index in [2.05, 4.69) is 155 Å². The predicted molar refractivity (Wildman–Crippen MR) is 302 cm³/mol. The van der Waals surface area contributed by atoms with Gasteiger partial charge in [-0.1, -0.05) is 97.1 Å². The van der Waals surface area contributed by atoms with Crippen LogP contribution < -0.4 is 0 Å². The molecular weight excluding hydrogens is 897 g/mol. The van der Waals surface area contributed by atoms with Crippen molar-refractivity contribution in [3.63, 3.8) is 0 Å². The van der Waals surface area contributed by atoms with Gasteiger partial charge >= 0.3 is 0 Å². The molecule has 12 aromatic carbocycles. The summed E-state index contributed by atoms with van der Waals surface area (Å²) in [6.07, 6.45) is 0. The molecule has 0 atom stereocenters. The minimum Gasteiger partial charge on any atom is -0.192 e. The van der Waals surface area contributed by atoms with Gasteiger partial charge in [-0.25, -0.2) is 0 Å². The number of aryl methyl sites for hydroxylation is 4. The average molecular weight is 937 g/mol. The average Bonchev–Trinajstić information content (AvgIpc) is 4.02. The SMILES string of the molecule is Cc1cc(C#N)cc(C)c1-c1ccc2c3c(cccc13)-c1cc3c(ccc4c5cc6c(cc5c(-c5cc(C#N)ccc5-c5ccccc5C#N)cc34)-c3ccc(-c4c(C)cc(C#N)cc4C)c4cccc-6c34)cc1-2. The quantitative estimate of drug-likeness (QED) is 0.164. The Bertz CT molecular complexity index is 4760. The van der Waals surface area contributed by atoms with Gasteiger partial charge in [0.15, 0.2) is 0 Å². The van der Waals surface area contributed by atoms with Crippen molar-refractivity contribution in [1.82, 2.24) is 0 Å². The highest BCUT2D eigenvalue weighted by Crippen LogP contribution is 2.55. The number of rotatable bonds is 4. The van der Waals surface area contributed by atoms with E-state index < -0.39 is 0 Å². The lowest BCUT2D eigenvalue weighted by Crippen LogP contribution is -1.93. The fourth-order valence-electron chi connectivity index (χ4n) is 13.1. The van der Waals surface area contributed by atoms with E-state index in [1.165, 1.54) is 71.6 Å². The van der Waals surface area contributed by atoms with Gasteiger partial charge in [-0.15, -0.1) is 0 Å². The van der Waals surface area contributed by atoms with Crippen molar-refractivity contribution in [2.45, 2.75) is 27.7 Å². The molecule has 12 aromatic rings. The highest BCUT2D eigenvalue weighted by molar-refractivity contribution is 6.28. The molecule has 4 nitrogen and oxygen atoms in total. The molecule has 0 unspecified atom stereocenters. The van der Waals surface area contributed by atoms with Gasteiger partial charge in [0.1, 0.15) is 0 Å². The number of hydrogen-bond donors (Lipinski definition) is 0. The Morgan fingerprint density at radius 2 is 0.703 bits per heavy atom. The van der Waals surface area contributed by atoms with Crippen LogP contribution in [0.2, 0.25) is 0 Å². The van der Waals surface area contributed by atoms with Crippen LogP contribution in [0.3, 0.4) is 0 Å². The van der Waals surface area contributed by atoms with Gasteiger partial charge < -0.3 is 0 Å². The van der Waals surface area contributed by atoms with Crippen molar-refractivity contribution in [2.75, 3.05) is 0 Å². The monoisotopic (exact) mass is 936 g/mol. The van der Waals surface area contributed by atoms with E-state index in [-0.39, 0.29) is 0 Å². The first kappa shape index (κ1) is 42.8. The lowest BCUT2D eigenvalue weighted by Gasteiger charge is -2.19. The molecule has 0 N–H and O–H groups in total. The summed E-state index contributed by atoms with van der Waals surface area (Å²) in [4.78, 5) is 0. The van der Waals surface area contributed by atoms with Crippen molar-refractivity contribution in [3.05, 3.63) is 214 Å². The van der Waals surface area contributed by atoms with E-state index >= 15 is 0 Å². The Morgan fingerprint density at radius 1 is 0.257 bits per heavy atom. The summed E-state index contributed by atoms with van der Waals surface area (Å²) in [6.45, 7) is 8.39. The van der Waals surface area contributed by atoms with Crippen LogP contribution in [-0.4, -0.2) is 0 Å². The number of fused-ring (bicyclic) bond motifs is 11. The van der Waals surface area contributed by atoms with Gasteiger partial charge in [-0.3, -0.25) is 0 Å². The Kier molecular flexibility index (Phi) is 9.07. The van der Waals surface area contributed by atoms with Crippen molar-refractivity contribution in [1.29, 1.82) is 21.0 Å². The Labute approximate surface area is 428 Å². The van der Waals surface area contributed by atoms with Crippen LogP contribution in [0, 0.1) is 73.0 Å². The van der Waals surface area contributed by atoms with Crippen LogP contribution in [0.4, 0.5) is 0 Å². The minimum atomic E-state index is 0.540. The van der Waals surface area contributed by atoms with Crippen molar-refractivity contribution >= 4 is 53.9 Å². The number of benzene rings is 12. The second-order valence-electron chi connectivity index (χ2n) is 20.1. The third-order valence-electron chi connectivity index (χ3n) is 16.1. The highest BCUT2D eigenvalue weighted by atomic mass is 14.3. The van der Waals surface area contributed by atoms with Crippen molar-refractivity contribution in [2.24, 2.45) is 0 Å². The zero-order valence-corrected chi connectivity index (χ0v) is 41.0. The van der Waals surface area contributed by atoms with E-state index in [1.807, 2.05) is 66.7 Å². The summed E-state index contributed by atoms with van der Waals surface area (Å²) in [6, 6.07) is 69.8. The molecule has 0 radical (unpaired) electrons. The Balaban J connectivity index is 1.06. The largest absolute Gasteiger partial charge is 0.192 e. The van der Waals surface area contributed by atoms with Crippen LogP contribution in [0.15, 0.2) is 170 Å². The molecule has 0 aliphatic heterocycles. The summed E-state index contributed by atoms with van der Waals surface area (Å²) in [7, 11) is 0. The third-order valence-corrected chi connectivity index (χ3v) is 16.1. The molecule has 0 spiro atoms. The van der Waals surface area contributed by atoms with Crippen LogP contribution in [0.5, 0.6) is 0 Å². The molecule has 2 aliphatic rings. The number of nitriles is 4. The normalized spacial score (nSPS) is 11.7. The van der Waals surface area contributed by atoms with Gasteiger partial charge in [-0.05, 0) is 260 Å². The summed E-state index contributed by atoms with van der Waals surface area (Å²) in [5.74, 6) is 0. The molecule has 74 heavy (non-hydrogen) atoms. The molecule has 0 saturated carbocycles. The maximum absolute atomic E-state index is 10.5. The molecule has 4 heteroatoms. The van der Waals surface area contributed by atoms with Crippen LogP contribution in [-0.2, 0) is 0 Å². The van der Waals surface area contributed by atoms with Gasteiger partial charge in [0, 0.05) is 5.56 Å².